The minimum absolute atomic E-state index is 0.170. The highest BCUT2D eigenvalue weighted by atomic mass is 15.2. The van der Waals surface area contributed by atoms with Gasteiger partial charge in [0.05, 0.1) is 0 Å². The van der Waals surface area contributed by atoms with Gasteiger partial charge in [-0.25, -0.2) is 0 Å². The Kier molecular flexibility index (Phi) is 5.11. The van der Waals surface area contributed by atoms with Crippen LogP contribution in [0.25, 0.3) is 10.9 Å². The Labute approximate surface area is 191 Å². The highest BCUT2D eigenvalue weighted by molar-refractivity contribution is 5.81. The lowest BCUT2D eigenvalue weighted by Crippen LogP contribution is -2.33. The van der Waals surface area contributed by atoms with Crippen molar-refractivity contribution in [3.8, 4) is 0 Å². The van der Waals surface area contributed by atoms with Gasteiger partial charge in [-0.2, -0.15) is 0 Å². The smallest absolute Gasteiger partial charge is 0.0480 e. The van der Waals surface area contributed by atoms with Gasteiger partial charge in [0.15, 0.2) is 0 Å². The molecule has 1 aliphatic carbocycles. The van der Waals surface area contributed by atoms with Crippen LogP contribution in [0.1, 0.15) is 36.0 Å². The standard InChI is InChI=1S/C30H32N2/c1-3-7-24(8-4-1)20-30(16-18-31(23-30)21-25-9-5-2-6-10-25)28-13-14-29-27(19-28)15-17-32(29)22-26-11-12-26/h1-10,13-15,17,19,26H,11-12,16,18,20-23H2. The number of aromatic nitrogens is 1. The van der Waals surface area contributed by atoms with Crippen LogP contribution < -0.4 is 0 Å². The third-order valence-electron chi connectivity index (χ3n) is 7.60. The molecule has 0 amide bonds. The van der Waals surface area contributed by atoms with Crippen LogP contribution in [0.5, 0.6) is 0 Å². The lowest BCUT2D eigenvalue weighted by molar-refractivity contribution is 0.301. The molecule has 1 saturated heterocycles. The van der Waals surface area contributed by atoms with E-state index in [-0.39, 0.29) is 5.41 Å². The molecule has 1 aromatic heterocycles. The van der Waals surface area contributed by atoms with Crippen molar-refractivity contribution >= 4 is 10.9 Å². The van der Waals surface area contributed by atoms with Gasteiger partial charge in [0.2, 0.25) is 0 Å². The van der Waals surface area contributed by atoms with E-state index in [1.54, 1.807) is 0 Å². The van der Waals surface area contributed by atoms with Crippen LogP contribution in [-0.4, -0.2) is 22.6 Å². The van der Waals surface area contributed by atoms with E-state index in [0.29, 0.717) is 0 Å². The van der Waals surface area contributed by atoms with Crippen molar-refractivity contribution < 1.29 is 0 Å². The molecule has 1 saturated carbocycles. The number of nitrogens with zero attached hydrogens (tertiary/aromatic N) is 2. The van der Waals surface area contributed by atoms with E-state index in [1.165, 1.54) is 53.4 Å². The van der Waals surface area contributed by atoms with Crippen molar-refractivity contribution in [2.24, 2.45) is 5.92 Å². The average molecular weight is 421 g/mol. The summed E-state index contributed by atoms with van der Waals surface area (Å²) in [7, 11) is 0. The SMILES string of the molecule is c1ccc(CN2CCC(Cc3ccccc3)(c3ccc4c(ccn4CC4CC4)c3)C2)cc1. The van der Waals surface area contributed by atoms with Crippen LogP contribution in [0.15, 0.2) is 91.1 Å². The molecule has 0 bridgehead atoms. The fourth-order valence-electron chi connectivity index (χ4n) is 5.67. The molecule has 6 rings (SSSR count). The number of fused-ring (bicyclic) bond motifs is 1. The van der Waals surface area contributed by atoms with E-state index in [2.05, 4.69) is 101 Å². The van der Waals surface area contributed by atoms with Crippen LogP contribution in [0.3, 0.4) is 0 Å². The normalized spacial score (nSPS) is 21.4. The van der Waals surface area contributed by atoms with Gasteiger partial charge in [0.1, 0.15) is 0 Å². The summed E-state index contributed by atoms with van der Waals surface area (Å²) in [6.07, 6.45) is 7.41. The zero-order valence-corrected chi connectivity index (χ0v) is 18.8. The summed E-state index contributed by atoms with van der Waals surface area (Å²) in [5, 5.41) is 1.40. The molecule has 0 N–H and O–H groups in total. The Hall–Kier alpha value is -2.84. The van der Waals surface area contributed by atoms with Gasteiger partial charge in [-0.1, -0.05) is 66.7 Å². The second-order valence-corrected chi connectivity index (χ2v) is 10.1. The molecular formula is C30H32N2. The molecule has 2 fully saturated rings. The minimum atomic E-state index is 0.170. The third kappa shape index (κ3) is 4.00. The Balaban J connectivity index is 1.32. The minimum Gasteiger partial charge on any atom is -0.347 e. The monoisotopic (exact) mass is 420 g/mol. The summed E-state index contributed by atoms with van der Waals surface area (Å²) in [6, 6.07) is 31.7. The summed E-state index contributed by atoms with van der Waals surface area (Å²) >= 11 is 0. The molecule has 2 aliphatic rings. The maximum Gasteiger partial charge on any atom is 0.0480 e. The lowest BCUT2D eigenvalue weighted by atomic mass is 9.74. The van der Waals surface area contributed by atoms with E-state index in [4.69, 9.17) is 0 Å². The molecule has 3 aromatic carbocycles. The zero-order valence-electron chi connectivity index (χ0n) is 18.8. The summed E-state index contributed by atoms with van der Waals surface area (Å²) in [5.74, 6) is 0.899. The molecule has 0 spiro atoms. The van der Waals surface area contributed by atoms with Crippen LogP contribution in [0, 0.1) is 5.92 Å². The Morgan fingerprint density at radius 1 is 0.812 bits per heavy atom. The predicted octanol–water partition coefficient (Wildman–Crippen LogP) is 6.44. The van der Waals surface area contributed by atoms with Gasteiger partial charge in [0, 0.05) is 36.8 Å². The van der Waals surface area contributed by atoms with Gasteiger partial charge in [0.25, 0.3) is 0 Å². The molecule has 162 valence electrons. The topological polar surface area (TPSA) is 8.17 Å². The first-order valence-electron chi connectivity index (χ1n) is 12.2. The number of hydrogen-bond donors (Lipinski definition) is 0. The molecule has 0 radical (unpaired) electrons. The second kappa shape index (κ2) is 8.26. The van der Waals surface area contributed by atoms with Gasteiger partial charge in [-0.15, -0.1) is 0 Å². The highest BCUT2D eigenvalue weighted by Gasteiger charge is 2.39. The Morgan fingerprint density at radius 3 is 2.31 bits per heavy atom. The fourth-order valence-corrected chi connectivity index (χ4v) is 5.67. The molecular weight excluding hydrogens is 388 g/mol. The lowest BCUT2D eigenvalue weighted by Gasteiger charge is -2.31. The van der Waals surface area contributed by atoms with Crippen molar-refractivity contribution in [3.05, 3.63) is 108 Å². The Morgan fingerprint density at radius 2 is 1.56 bits per heavy atom. The van der Waals surface area contributed by atoms with Crippen molar-refractivity contribution in [2.75, 3.05) is 13.1 Å². The molecule has 2 heteroatoms. The van der Waals surface area contributed by atoms with Crippen molar-refractivity contribution in [1.29, 1.82) is 0 Å². The quantitative estimate of drug-likeness (QED) is 0.334. The van der Waals surface area contributed by atoms with Gasteiger partial charge in [-0.3, -0.25) is 4.90 Å². The summed E-state index contributed by atoms with van der Waals surface area (Å²) < 4.78 is 2.47. The van der Waals surface area contributed by atoms with Crippen molar-refractivity contribution in [2.45, 2.75) is 44.2 Å². The molecule has 1 atom stereocenters. The highest BCUT2D eigenvalue weighted by Crippen LogP contribution is 2.40. The number of rotatable bonds is 7. The van der Waals surface area contributed by atoms with Crippen molar-refractivity contribution in [3.63, 3.8) is 0 Å². The summed E-state index contributed by atoms with van der Waals surface area (Å²) in [5.41, 5.74) is 5.93. The van der Waals surface area contributed by atoms with E-state index in [1.807, 2.05) is 0 Å². The second-order valence-electron chi connectivity index (χ2n) is 10.1. The average Bonchev–Trinajstić information content (AvgIpc) is 3.43. The van der Waals surface area contributed by atoms with E-state index >= 15 is 0 Å². The molecule has 1 aliphatic heterocycles. The van der Waals surface area contributed by atoms with Gasteiger partial charge >= 0.3 is 0 Å². The summed E-state index contributed by atoms with van der Waals surface area (Å²) in [6.45, 7) is 4.49. The largest absolute Gasteiger partial charge is 0.347 e. The molecule has 1 unspecified atom stereocenters. The molecule has 32 heavy (non-hydrogen) atoms. The first kappa shape index (κ1) is 19.8. The number of likely N-dealkylation sites (tertiary alicyclic amines) is 1. The Bertz CT molecular complexity index is 1190. The van der Waals surface area contributed by atoms with E-state index in [9.17, 15) is 0 Å². The first-order chi connectivity index (χ1) is 15.8. The predicted molar refractivity (Wildman–Crippen MR) is 133 cm³/mol. The maximum atomic E-state index is 2.65. The number of hydrogen-bond acceptors (Lipinski definition) is 1. The van der Waals surface area contributed by atoms with Crippen LogP contribution in [0.4, 0.5) is 0 Å². The fraction of sp³-hybridized carbons (Fsp3) is 0.333. The van der Waals surface area contributed by atoms with Crippen molar-refractivity contribution in [1.82, 2.24) is 9.47 Å². The van der Waals surface area contributed by atoms with Gasteiger partial charge < -0.3 is 4.57 Å². The first-order valence-corrected chi connectivity index (χ1v) is 12.2. The molecule has 2 nitrogen and oxygen atoms in total. The zero-order chi connectivity index (χ0) is 21.4. The van der Waals surface area contributed by atoms with Crippen LogP contribution >= 0.6 is 0 Å². The number of benzene rings is 3. The van der Waals surface area contributed by atoms with E-state index < -0.39 is 0 Å². The molecule has 4 aromatic rings. The van der Waals surface area contributed by atoms with Crippen LogP contribution in [-0.2, 0) is 24.9 Å². The molecule has 2 heterocycles. The maximum absolute atomic E-state index is 2.65. The van der Waals surface area contributed by atoms with Crippen LogP contribution in [0.2, 0.25) is 0 Å². The summed E-state index contributed by atoms with van der Waals surface area (Å²) in [4.78, 5) is 2.65. The van der Waals surface area contributed by atoms with E-state index in [0.717, 1.165) is 32.0 Å². The van der Waals surface area contributed by atoms with Gasteiger partial charge in [-0.05, 0) is 78.4 Å². The third-order valence-corrected chi connectivity index (χ3v) is 7.60.